The summed E-state index contributed by atoms with van der Waals surface area (Å²) in [5.74, 6) is 1.30. The molecule has 0 aromatic carbocycles. The molecule has 0 radical (unpaired) electrons. The van der Waals surface area contributed by atoms with E-state index in [9.17, 15) is 4.79 Å². The average Bonchev–Trinajstić information content (AvgIpc) is 2.15. The van der Waals surface area contributed by atoms with Crippen molar-refractivity contribution < 1.29 is 4.79 Å². The van der Waals surface area contributed by atoms with Crippen molar-refractivity contribution in [3.63, 3.8) is 0 Å². The van der Waals surface area contributed by atoms with Crippen LogP contribution in [0.5, 0.6) is 0 Å². The van der Waals surface area contributed by atoms with Crippen molar-refractivity contribution >= 4 is 5.91 Å². The minimum Gasteiger partial charge on any atom is -0.370 e. The maximum atomic E-state index is 10.7. The predicted octanol–water partition coefficient (Wildman–Crippen LogP) is 2.08. The number of hydrogen-bond donors (Lipinski definition) is 1. The summed E-state index contributed by atoms with van der Waals surface area (Å²) >= 11 is 0. The maximum Gasteiger partial charge on any atom is 0.217 e. The lowest BCUT2D eigenvalue weighted by Crippen LogP contribution is -2.15. The molecule has 1 aliphatic rings. The van der Waals surface area contributed by atoms with E-state index in [0.717, 1.165) is 5.92 Å². The Morgan fingerprint density at radius 3 is 2.75 bits per heavy atom. The molecule has 0 aliphatic heterocycles. The van der Waals surface area contributed by atoms with Crippen molar-refractivity contribution in [2.75, 3.05) is 0 Å². The Hall–Kier alpha value is -0.530. The van der Waals surface area contributed by atoms with Crippen LogP contribution in [0.2, 0.25) is 0 Å². The summed E-state index contributed by atoms with van der Waals surface area (Å²) in [4.78, 5) is 10.7. The molecule has 0 spiro atoms. The van der Waals surface area contributed by atoms with E-state index in [4.69, 9.17) is 5.73 Å². The predicted molar refractivity (Wildman–Crippen MR) is 49.6 cm³/mol. The summed E-state index contributed by atoms with van der Waals surface area (Å²) in [6.45, 7) is 2.30. The van der Waals surface area contributed by atoms with Crippen LogP contribution >= 0.6 is 0 Å². The zero-order chi connectivity index (χ0) is 8.97. The zero-order valence-electron chi connectivity index (χ0n) is 7.88. The van der Waals surface area contributed by atoms with Gasteiger partial charge in [-0.15, -0.1) is 0 Å². The fourth-order valence-electron chi connectivity index (χ4n) is 2.05. The Kier molecular flexibility index (Phi) is 3.57. The van der Waals surface area contributed by atoms with Crippen molar-refractivity contribution in [2.45, 2.75) is 45.4 Å². The molecule has 0 bridgehead atoms. The number of rotatable bonds is 2. The molecule has 0 saturated heterocycles. The lowest BCUT2D eigenvalue weighted by atomic mass is 9.96. The van der Waals surface area contributed by atoms with Gasteiger partial charge in [-0.1, -0.05) is 26.2 Å². The van der Waals surface area contributed by atoms with Gasteiger partial charge in [0.05, 0.1) is 0 Å². The molecule has 2 heteroatoms. The van der Waals surface area contributed by atoms with Crippen molar-refractivity contribution in [2.24, 2.45) is 17.6 Å². The smallest absolute Gasteiger partial charge is 0.217 e. The molecule has 70 valence electrons. The summed E-state index contributed by atoms with van der Waals surface area (Å²) in [5.41, 5.74) is 5.17. The molecule has 2 N–H and O–H groups in total. The number of amides is 1. The second kappa shape index (κ2) is 4.48. The summed E-state index contributed by atoms with van der Waals surface area (Å²) < 4.78 is 0. The fourth-order valence-corrected chi connectivity index (χ4v) is 2.05. The first-order chi connectivity index (χ1) is 5.68. The normalized spacial score (nSPS) is 31.1. The molecule has 0 aromatic heterocycles. The number of carbonyl (C=O) groups excluding carboxylic acids is 1. The largest absolute Gasteiger partial charge is 0.370 e. The van der Waals surface area contributed by atoms with Crippen LogP contribution in [-0.4, -0.2) is 5.91 Å². The van der Waals surface area contributed by atoms with Gasteiger partial charge in [0, 0.05) is 6.42 Å². The maximum absolute atomic E-state index is 10.7. The van der Waals surface area contributed by atoms with Gasteiger partial charge in [-0.05, 0) is 24.7 Å². The minimum atomic E-state index is -0.130. The average molecular weight is 169 g/mol. The van der Waals surface area contributed by atoms with E-state index in [-0.39, 0.29) is 5.91 Å². The van der Waals surface area contributed by atoms with Crippen LogP contribution in [0, 0.1) is 11.8 Å². The molecule has 12 heavy (non-hydrogen) atoms. The lowest BCUT2D eigenvalue weighted by molar-refractivity contribution is -0.119. The van der Waals surface area contributed by atoms with Crippen molar-refractivity contribution in [3.05, 3.63) is 0 Å². The van der Waals surface area contributed by atoms with Crippen LogP contribution in [0.1, 0.15) is 45.4 Å². The zero-order valence-corrected chi connectivity index (χ0v) is 7.88. The van der Waals surface area contributed by atoms with Crippen molar-refractivity contribution in [1.82, 2.24) is 0 Å². The van der Waals surface area contributed by atoms with E-state index in [2.05, 4.69) is 6.92 Å². The third-order valence-electron chi connectivity index (χ3n) is 2.87. The summed E-state index contributed by atoms with van der Waals surface area (Å²) in [7, 11) is 0. The topological polar surface area (TPSA) is 43.1 Å². The van der Waals surface area contributed by atoms with Gasteiger partial charge in [-0.25, -0.2) is 0 Å². The molecule has 0 heterocycles. The Morgan fingerprint density at radius 2 is 2.08 bits per heavy atom. The first-order valence-corrected chi connectivity index (χ1v) is 4.96. The molecular weight excluding hydrogens is 150 g/mol. The molecular formula is C10H19NO. The quantitative estimate of drug-likeness (QED) is 0.632. The van der Waals surface area contributed by atoms with Gasteiger partial charge in [0.2, 0.25) is 5.91 Å². The van der Waals surface area contributed by atoms with Gasteiger partial charge in [0.1, 0.15) is 0 Å². The molecule has 1 amide bonds. The summed E-state index contributed by atoms with van der Waals surface area (Å²) in [5, 5.41) is 0. The third kappa shape index (κ3) is 3.24. The minimum absolute atomic E-state index is 0.130. The molecule has 1 fully saturated rings. The summed E-state index contributed by atoms with van der Waals surface area (Å²) in [6, 6.07) is 0. The highest BCUT2D eigenvalue weighted by atomic mass is 16.1. The number of carbonyl (C=O) groups is 1. The molecule has 0 aromatic rings. The highest BCUT2D eigenvalue weighted by molar-refractivity contribution is 5.73. The second-order valence-corrected chi connectivity index (χ2v) is 4.15. The van der Waals surface area contributed by atoms with E-state index < -0.39 is 0 Å². The molecule has 1 rings (SSSR count). The Labute approximate surface area is 74.5 Å². The SMILES string of the molecule is C[C@H]1CCC[C@@H](CC(N)=O)CC1. The first kappa shape index (κ1) is 9.56. The Balaban J connectivity index is 2.30. The van der Waals surface area contributed by atoms with Gasteiger partial charge in [0.15, 0.2) is 0 Å². The van der Waals surface area contributed by atoms with E-state index in [1.165, 1.54) is 32.1 Å². The Bertz CT molecular complexity index is 156. The standard InChI is InChI=1S/C10H19NO/c1-8-3-2-4-9(6-5-8)7-10(11)12/h8-9H,2-7H2,1H3,(H2,11,12)/t8-,9+/m0/s1. The second-order valence-electron chi connectivity index (χ2n) is 4.15. The van der Waals surface area contributed by atoms with Crippen molar-refractivity contribution in [3.8, 4) is 0 Å². The number of primary amides is 1. The third-order valence-corrected chi connectivity index (χ3v) is 2.87. The van der Waals surface area contributed by atoms with Gasteiger partial charge in [-0.3, -0.25) is 4.79 Å². The fraction of sp³-hybridized carbons (Fsp3) is 0.900. The molecule has 1 saturated carbocycles. The van der Waals surface area contributed by atoms with Crippen LogP contribution < -0.4 is 5.73 Å². The molecule has 2 atom stereocenters. The van der Waals surface area contributed by atoms with Crippen LogP contribution in [0.15, 0.2) is 0 Å². The van der Waals surface area contributed by atoms with E-state index in [1.807, 2.05) is 0 Å². The van der Waals surface area contributed by atoms with Crippen LogP contribution in [0.25, 0.3) is 0 Å². The van der Waals surface area contributed by atoms with Gasteiger partial charge in [0.25, 0.3) is 0 Å². The van der Waals surface area contributed by atoms with Gasteiger partial charge < -0.3 is 5.73 Å². The van der Waals surface area contributed by atoms with E-state index in [1.54, 1.807) is 0 Å². The monoisotopic (exact) mass is 169 g/mol. The van der Waals surface area contributed by atoms with Crippen LogP contribution in [-0.2, 0) is 4.79 Å². The van der Waals surface area contributed by atoms with E-state index >= 15 is 0 Å². The Morgan fingerprint density at radius 1 is 1.33 bits per heavy atom. The molecule has 0 unspecified atom stereocenters. The highest BCUT2D eigenvalue weighted by Gasteiger charge is 2.17. The van der Waals surface area contributed by atoms with Crippen LogP contribution in [0.4, 0.5) is 0 Å². The number of hydrogen-bond acceptors (Lipinski definition) is 1. The molecule has 1 aliphatic carbocycles. The number of nitrogens with two attached hydrogens (primary N) is 1. The van der Waals surface area contributed by atoms with Crippen molar-refractivity contribution in [1.29, 1.82) is 0 Å². The highest BCUT2D eigenvalue weighted by Crippen LogP contribution is 2.28. The lowest BCUT2D eigenvalue weighted by Gasteiger charge is -2.10. The van der Waals surface area contributed by atoms with Gasteiger partial charge in [-0.2, -0.15) is 0 Å². The molecule has 2 nitrogen and oxygen atoms in total. The first-order valence-electron chi connectivity index (χ1n) is 4.96. The summed E-state index contributed by atoms with van der Waals surface area (Å²) in [6.07, 6.45) is 6.89. The van der Waals surface area contributed by atoms with Crippen LogP contribution in [0.3, 0.4) is 0 Å². The van der Waals surface area contributed by atoms with Gasteiger partial charge >= 0.3 is 0 Å². The van der Waals surface area contributed by atoms with E-state index in [0.29, 0.717) is 12.3 Å².